The topological polar surface area (TPSA) is 128 Å². The van der Waals surface area contributed by atoms with Crippen LogP contribution < -0.4 is 11.5 Å². The molecule has 2 aliphatic heterocycles. The molecule has 1 aromatic rings. The van der Waals surface area contributed by atoms with E-state index < -0.39 is 45.6 Å². The van der Waals surface area contributed by atoms with Crippen molar-refractivity contribution in [3.63, 3.8) is 0 Å². The van der Waals surface area contributed by atoms with Crippen molar-refractivity contribution >= 4 is 15.9 Å². The Kier molecular flexibility index (Phi) is 5.75. The Morgan fingerprint density at radius 3 is 2.68 bits per heavy atom. The molecule has 170 valence electrons. The zero-order valence-corrected chi connectivity index (χ0v) is 17.9. The van der Waals surface area contributed by atoms with Gasteiger partial charge in [0.1, 0.15) is 11.7 Å². The van der Waals surface area contributed by atoms with Crippen LogP contribution in [0.15, 0.2) is 30.0 Å². The third-order valence-corrected chi connectivity index (χ3v) is 7.12. The number of amides is 1. The fraction of sp³-hybridized carbons (Fsp3) is 0.579. The van der Waals surface area contributed by atoms with Crippen molar-refractivity contribution in [3.05, 3.63) is 41.3 Å². The molecule has 3 heterocycles. The predicted octanol–water partition coefficient (Wildman–Crippen LogP) is -0.0114. The number of fused-ring (bicyclic) bond motifs is 1. The lowest BCUT2D eigenvalue weighted by Gasteiger charge is -2.48. The number of halogens is 2. The molecule has 0 radical (unpaired) electrons. The summed E-state index contributed by atoms with van der Waals surface area (Å²) in [6, 6.07) is -1.13. The van der Waals surface area contributed by atoms with E-state index in [1.54, 1.807) is 4.90 Å². The number of aromatic nitrogens is 2. The van der Waals surface area contributed by atoms with Gasteiger partial charge in [-0.05, 0) is 18.6 Å². The SMILES string of the molecule is CS(=O)(=O)n1cc2c(n1)CN(C1CC(N)[C@@H](C3CC(F)=CC=C3F)N(CC(N)=O)C1)C2. The summed E-state index contributed by atoms with van der Waals surface area (Å²) in [4.78, 5) is 15.6. The molecule has 12 heteroatoms. The Hall–Kier alpha value is -2.15. The molecule has 9 nitrogen and oxygen atoms in total. The highest BCUT2D eigenvalue weighted by Crippen LogP contribution is 2.37. The molecule has 1 amide bonds. The minimum atomic E-state index is -3.45. The molecule has 1 saturated heterocycles. The van der Waals surface area contributed by atoms with Crippen LogP contribution in [0.4, 0.5) is 8.78 Å². The van der Waals surface area contributed by atoms with Gasteiger partial charge in [-0.25, -0.2) is 17.2 Å². The molecule has 4 atom stereocenters. The molecule has 31 heavy (non-hydrogen) atoms. The van der Waals surface area contributed by atoms with Gasteiger partial charge < -0.3 is 11.5 Å². The zero-order valence-electron chi connectivity index (χ0n) is 17.1. The lowest BCUT2D eigenvalue weighted by molar-refractivity contribution is -0.121. The first-order chi connectivity index (χ1) is 14.5. The van der Waals surface area contributed by atoms with Gasteiger partial charge in [-0.15, -0.1) is 0 Å². The molecule has 1 aliphatic carbocycles. The molecule has 0 bridgehead atoms. The van der Waals surface area contributed by atoms with E-state index in [2.05, 4.69) is 10.00 Å². The molecule has 3 aliphatic rings. The van der Waals surface area contributed by atoms with E-state index in [0.717, 1.165) is 28.1 Å². The number of likely N-dealkylation sites (tertiary alicyclic amines) is 1. The van der Waals surface area contributed by atoms with Crippen LogP contribution in [0.25, 0.3) is 0 Å². The van der Waals surface area contributed by atoms with E-state index in [9.17, 15) is 22.0 Å². The van der Waals surface area contributed by atoms with Crippen LogP contribution in [-0.2, 0) is 27.9 Å². The average Bonchev–Trinajstić information content (AvgIpc) is 3.22. The Balaban J connectivity index is 1.52. The summed E-state index contributed by atoms with van der Waals surface area (Å²) in [5.41, 5.74) is 13.4. The average molecular weight is 457 g/mol. The molecule has 0 saturated carbocycles. The molecule has 4 N–H and O–H groups in total. The van der Waals surface area contributed by atoms with Crippen molar-refractivity contribution in [3.8, 4) is 0 Å². The second-order valence-electron chi connectivity index (χ2n) is 8.56. The standard InChI is InChI=1S/C19H26F2N6O3S/c1-31(29,30)27-7-11-6-25(9-17(11)24-27)13-5-16(22)19(26(8-13)10-18(23)28)14-4-12(20)2-3-15(14)21/h2-3,7,13-14,16,19H,4-6,8-10,22H2,1H3,(H2,23,28)/t13?,14?,16?,19-/m1/s1. The number of carbonyl (C=O) groups excluding carboxylic acids is 1. The van der Waals surface area contributed by atoms with E-state index >= 15 is 0 Å². The Labute approximate surface area is 179 Å². The van der Waals surface area contributed by atoms with Gasteiger partial charge in [-0.3, -0.25) is 14.6 Å². The van der Waals surface area contributed by atoms with Gasteiger partial charge in [-0.1, -0.05) is 0 Å². The Morgan fingerprint density at radius 1 is 1.29 bits per heavy atom. The number of rotatable bonds is 5. The highest BCUT2D eigenvalue weighted by Gasteiger charge is 2.44. The minimum Gasteiger partial charge on any atom is -0.369 e. The van der Waals surface area contributed by atoms with Crippen LogP contribution in [0.2, 0.25) is 0 Å². The number of primary amides is 1. The van der Waals surface area contributed by atoms with Gasteiger partial charge in [-0.2, -0.15) is 9.19 Å². The van der Waals surface area contributed by atoms with Crippen LogP contribution in [0, 0.1) is 5.92 Å². The zero-order chi connectivity index (χ0) is 22.5. The van der Waals surface area contributed by atoms with Gasteiger partial charge in [0.15, 0.2) is 0 Å². The highest BCUT2D eigenvalue weighted by atomic mass is 32.2. The summed E-state index contributed by atoms with van der Waals surface area (Å²) in [5, 5.41) is 4.16. The quantitative estimate of drug-likeness (QED) is 0.638. The molecule has 4 rings (SSSR count). The van der Waals surface area contributed by atoms with Gasteiger partial charge in [0.25, 0.3) is 10.0 Å². The summed E-state index contributed by atoms with van der Waals surface area (Å²) in [6.45, 7) is 1.24. The van der Waals surface area contributed by atoms with E-state index in [0.29, 0.717) is 31.7 Å². The second kappa shape index (κ2) is 8.08. The smallest absolute Gasteiger partial charge is 0.250 e. The van der Waals surface area contributed by atoms with Gasteiger partial charge >= 0.3 is 0 Å². The number of carbonyl (C=O) groups is 1. The maximum atomic E-state index is 14.5. The maximum absolute atomic E-state index is 14.5. The first-order valence-corrected chi connectivity index (χ1v) is 11.9. The Bertz CT molecular complexity index is 1030. The van der Waals surface area contributed by atoms with Gasteiger partial charge in [0.2, 0.25) is 5.91 Å². The number of nitrogens with two attached hydrogens (primary N) is 2. The summed E-state index contributed by atoms with van der Waals surface area (Å²) in [5.74, 6) is -2.21. The van der Waals surface area contributed by atoms with Crippen molar-refractivity contribution < 1.29 is 22.0 Å². The summed E-state index contributed by atoms with van der Waals surface area (Å²) in [6.07, 6.45) is 5.24. The largest absolute Gasteiger partial charge is 0.369 e. The van der Waals surface area contributed by atoms with Gasteiger partial charge in [0.05, 0.1) is 18.5 Å². The fourth-order valence-corrected chi connectivity index (χ4v) is 5.48. The van der Waals surface area contributed by atoms with Crippen LogP contribution in [-0.4, -0.2) is 70.8 Å². The fourth-order valence-electron chi connectivity index (χ4n) is 4.91. The number of allylic oxidation sites excluding steroid dienone is 3. The second-order valence-corrected chi connectivity index (χ2v) is 10.4. The minimum absolute atomic E-state index is 0.0671. The lowest BCUT2D eigenvalue weighted by Crippen LogP contribution is -2.63. The van der Waals surface area contributed by atoms with Crippen molar-refractivity contribution in [2.45, 2.75) is 44.1 Å². The molecule has 1 aromatic heterocycles. The van der Waals surface area contributed by atoms with Crippen molar-refractivity contribution in [1.29, 1.82) is 0 Å². The van der Waals surface area contributed by atoms with E-state index in [4.69, 9.17) is 11.5 Å². The van der Waals surface area contributed by atoms with Crippen molar-refractivity contribution in [2.75, 3.05) is 19.3 Å². The van der Waals surface area contributed by atoms with Crippen LogP contribution in [0.1, 0.15) is 24.1 Å². The van der Waals surface area contributed by atoms with Crippen LogP contribution in [0.5, 0.6) is 0 Å². The molecular formula is C19H26F2N6O3S. The molecule has 0 spiro atoms. The normalized spacial score (nSPS) is 30.1. The summed E-state index contributed by atoms with van der Waals surface area (Å²) < 4.78 is 52.8. The third kappa shape index (κ3) is 4.43. The molecular weight excluding hydrogens is 430 g/mol. The van der Waals surface area contributed by atoms with Crippen molar-refractivity contribution in [1.82, 2.24) is 19.0 Å². The monoisotopic (exact) mass is 456 g/mol. The summed E-state index contributed by atoms with van der Waals surface area (Å²) in [7, 11) is -3.45. The lowest BCUT2D eigenvalue weighted by atomic mass is 9.80. The first-order valence-electron chi connectivity index (χ1n) is 10.0. The van der Waals surface area contributed by atoms with E-state index in [-0.39, 0.29) is 19.0 Å². The predicted molar refractivity (Wildman–Crippen MR) is 109 cm³/mol. The molecule has 1 fully saturated rings. The van der Waals surface area contributed by atoms with E-state index in [1.807, 2.05) is 0 Å². The van der Waals surface area contributed by atoms with Crippen molar-refractivity contribution in [2.24, 2.45) is 17.4 Å². The number of hydrogen-bond donors (Lipinski definition) is 2. The van der Waals surface area contributed by atoms with E-state index in [1.165, 1.54) is 6.20 Å². The molecule has 3 unspecified atom stereocenters. The number of piperidine rings is 1. The Morgan fingerprint density at radius 2 is 2.03 bits per heavy atom. The van der Waals surface area contributed by atoms with Crippen LogP contribution >= 0.6 is 0 Å². The molecule has 0 aromatic carbocycles. The summed E-state index contributed by atoms with van der Waals surface area (Å²) >= 11 is 0. The number of nitrogens with zero attached hydrogens (tertiary/aromatic N) is 4. The maximum Gasteiger partial charge on any atom is 0.250 e. The van der Waals surface area contributed by atoms with Gasteiger partial charge in [0, 0.05) is 61.9 Å². The highest BCUT2D eigenvalue weighted by molar-refractivity contribution is 7.89. The van der Waals surface area contributed by atoms with Crippen LogP contribution in [0.3, 0.4) is 0 Å². The third-order valence-electron chi connectivity index (χ3n) is 6.25. The first kappa shape index (κ1) is 22.1. The number of hydrogen-bond acceptors (Lipinski definition) is 7.